The number of allylic oxidation sites excluding steroid dienone is 4. The van der Waals surface area contributed by atoms with Gasteiger partial charge in [0.1, 0.15) is 0 Å². The molecule has 0 spiro atoms. The first-order chi connectivity index (χ1) is 11.7. The van der Waals surface area contributed by atoms with Gasteiger partial charge in [-0.05, 0) is 0 Å². The molecule has 4 rings (SSSR count). The fraction of sp³-hybridized carbons (Fsp3) is 0.273. The summed E-state index contributed by atoms with van der Waals surface area (Å²) in [5, 5.41) is 0. The summed E-state index contributed by atoms with van der Waals surface area (Å²) in [5.41, 5.74) is 5.87. The molecule has 4 heteroatoms. The largest absolute Gasteiger partial charge is 1.00 e. The molecule has 0 aliphatic heterocycles. The fourth-order valence-electron chi connectivity index (χ4n) is 4.12. The Labute approximate surface area is 177 Å². The van der Waals surface area contributed by atoms with Crippen molar-refractivity contribution in [2.45, 2.75) is 30.3 Å². The van der Waals surface area contributed by atoms with Crippen molar-refractivity contribution in [2.24, 2.45) is 0 Å². The third-order valence-electron chi connectivity index (χ3n) is 5.13. The summed E-state index contributed by atoms with van der Waals surface area (Å²) < 4.78 is 9.90. The van der Waals surface area contributed by atoms with Crippen molar-refractivity contribution < 1.29 is 51.3 Å². The Kier molecular flexibility index (Phi) is 7.37. The second-order valence-electron chi connectivity index (χ2n) is 6.90. The molecule has 135 valence electrons. The van der Waals surface area contributed by atoms with Crippen molar-refractivity contribution in [2.75, 3.05) is 7.11 Å². The summed E-state index contributed by atoms with van der Waals surface area (Å²) >= 11 is -1.98. The van der Waals surface area contributed by atoms with E-state index in [4.69, 9.17) is 4.74 Å². The normalized spacial score (nSPS) is 13.5. The molecule has 0 atom stereocenters. The molecule has 0 bridgehead atoms. The predicted octanol–water partition coefficient (Wildman–Crippen LogP) is -0.810. The first-order valence-corrected chi connectivity index (χ1v) is 12.6. The number of fused-ring (bicyclic) bond motifs is 3. The van der Waals surface area contributed by atoms with Gasteiger partial charge in [0.25, 0.3) is 0 Å². The summed E-state index contributed by atoms with van der Waals surface area (Å²) in [6, 6.07) is 13.3. The van der Waals surface area contributed by atoms with E-state index in [2.05, 4.69) is 68.5 Å². The van der Waals surface area contributed by atoms with Crippen LogP contribution in [0.25, 0.3) is 11.1 Å². The van der Waals surface area contributed by atoms with Crippen LogP contribution in [-0.2, 0) is 28.2 Å². The minimum absolute atomic E-state index is 0. The average Bonchev–Trinajstić information content (AvgIpc) is 3.22. The van der Waals surface area contributed by atoms with Gasteiger partial charge in [-0.1, -0.05) is 0 Å². The van der Waals surface area contributed by atoms with Gasteiger partial charge in [-0.15, -0.1) is 0 Å². The molecule has 2 aliphatic rings. The summed E-state index contributed by atoms with van der Waals surface area (Å²) in [7, 11) is 1.83. The van der Waals surface area contributed by atoms with E-state index in [1.807, 2.05) is 7.11 Å². The molecule has 0 aromatic heterocycles. The molecule has 0 heterocycles. The summed E-state index contributed by atoms with van der Waals surface area (Å²) in [4.78, 5) is 0. The number of ether oxygens (including phenoxy) is 1. The topological polar surface area (TPSA) is 9.23 Å². The van der Waals surface area contributed by atoms with Gasteiger partial charge in [0.05, 0.1) is 0 Å². The molecule has 0 N–H and O–H groups in total. The van der Waals surface area contributed by atoms with Gasteiger partial charge in [-0.3, -0.25) is 0 Å². The van der Waals surface area contributed by atoms with Gasteiger partial charge in [-0.2, -0.15) is 0 Å². The Morgan fingerprint density at radius 1 is 1.00 bits per heavy atom. The molecule has 1 nitrogen and oxygen atoms in total. The van der Waals surface area contributed by atoms with E-state index in [0.29, 0.717) is 0 Å². The zero-order chi connectivity index (χ0) is 16.7. The van der Waals surface area contributed by atoms with Crippen LogP contribution in [0.4, 0.5) is 0 Å². The van der Waals surface area contributed by atoms with Crippen molar-refractivity contribution in [3.8, 4) is 16.9 Å². The van der Waals surface area contributed by atoms with Crippen LogP contribution in [0.15, 0.2) is 57.9 Å². The van der Waals surface area contributed by atoms with E-state index >= 15 is 0 Å². The zero-order valence-corrected chi connectivity index (χ0v) is 19.3. The number of benzene rings is 2. The first kappa shape index (κ1) is 21.5. The van der Waals surface area contributed by atoms with Crippen LogP contribution < -0.4 is 32.8 Å². The molecule has 2 aromatic carbocycles. The average molecular weight is 466 g/mol. The van der Waals surface area contributed by atoms with Gasteiger partial charge in [-0.25, -0.2) is 0 Å². The summed E-state index contributed by atoms with van der Waals surface area (Å²) in [6.07, 6.45) is 9.14. The van der Waals surface area contributed by atoms with E-state index in [1.165, 1.54) is 16.7 Å². The predicted molar refractivity (Wildman–Crippen MR) is 97.8 cm³/mol. The second kappa shape index (κ2) is 8.91. The maximum absolute atomic E-state index is 5.86. The summed E-state index contributed by atoms with van der Waals surface area (Å²) in [5.74, 6) is 1.12. The number of hydrogen-bond acceptors (Lipinski definition) is 1. The van der Waals surface area contributed by atoms with Crippen molar-refractivity contribution in [3.63, 3.8) is 0 Å². The standard InChI is InChI=1S/C14H11O.C5H5.C3H7.2ClH.Zr/c1-15-12-6-7-14-11(9-12)8-10-4-2-3-5-13(10)14;1-2-4-5-3-1;1-3-2;;;/h2-7H,8H2,1H3;1-3H,4H2;3H,1-2H3;2*1H;/q;;;;;+2/p-2. The number of rotatable bonds is 4. The third-order valence-corrected chi connectivity index (χ3v) is 13.3. The van der Waals surface area contributed by atoms with E-state index in [1.54, 1.807) is 12.1 Å². The maximum Gasteiger partial charge on any atom is -1.00 e. The van der Waals surface area contributed by atoms with Crippen molar-refractivity contribution in [1.29, 1.82) is 0 Å². The minimum Gasteiger partial charge on any atom is -1.00 e. The number of methoxy groups -OCH3 is 1. The molecular formula is C22H23Cl2OZr. The third kappa shape index (κ3) is 3.61. The van der Waals surface area contributed by atoms with Crippen LogP contribution in [-0.4, -0.2) is 7.11 Å². The van der Waals surface area contributed by atoms with Crippen molar-refractivity contribution in [1.82, 2.24) is 0 Å². The number of halogens is 2. The van der Waals surface area contributed by atoms with Gasteiger partial charge < -0.3 is 24.8 Å². The van der Waals surface area contributed by atoms with Crippen LogP contribution >= 0.6 is 0 Å². The van der Waals surface area contributed by atoms with E-state index in [0.717, 1.165) is 22.2 Å². The Bertz CT molecular complexity index is 855. The van der Waals surface area contributed by atoms with Crippen molar-refractivity contribution in [3.05, 3.63) is 69.0 Å². The van der Waals surface area contributed by atoms with Crippen LogP contribution in [0.2, 0.25) is 3.63 Å². The number of hydrogen-bond donors (Lipinski definition) is 0. The second-order valence-corrected chi connectivity index (χ2v) is 14.6. The molecule has 0 amide bonds. The molecule has 2 aromatic rings. The van der Waals surface area contributed by atoms with Crippen LogP contribution in [0, 0.1) is 0 Å². The van der Waals surface area contributed by atoms with E-state index in [-0.39, 0.29) is 24.8 Å². The quantitative estimate of drug-likeness (QED) is 0.490. The zero-order valence-electron chi connectivity index (χ0n) is 15.4. The molecule has 0 unspecified atom stereocenters. The van der Waals surface area contributed by atoms with E-state index in [9.17, 15) is 0 Å². The van der Waals surface area contributed by atoms with Gasteiger partial charge in [0, 0.05) is 0 Å². The van der Waals surface area contributed by atoms with Crippen LogP contribution in [0.1, 0.15) is 31.4 Å². The smallest absolute Gasteiger partial charge is 1.00 e. The molecule has 26 heavy (non-hydrogen) atoms. The van der Waals surface area contributed by atoms with Gasteiger partial charge in [0.15, 0.2) is 0 Å². The SMILES string of the molecule is COc1ccc2c([c]1[Zr+2]([C]1=CC=CC1)[CH](C)C)Cc1ccccc1-2.[Cl-].[Cl-]. The Hall–Kier alpha value is -0.817. The molecular weight excluding hydrogens is 442 g/mol. The Balaban J connectivity index is 0.00000121. The summed E-state index contributed by atoms with van der Waals surface area (Å²) in [6.45, 7) is 4.82. The minimum atomic E-state index is -1.98. The first-order valence-electron chi connectivity index (χ1n) is 8.72. The van der Waals surface area contributed by atoms with Crippen LogP contribution in [0.5, 0.6) is 5.75 Å². The maximum atomic E-state index is 5.86. The molecule has 0 saturated heterocycles. The van der Waals surface area contributed by atoms with Crippen molar-refractivity contribution >= 4 is 3.27 Å². The molecule has 0 fully saturated rings. The van der Waals surface area contributed by atoms with Gasteiger partial charge in [0.2, 0.25) is 0 Å². The van der Waals surface area contributed by atoms with Crippen LogP contribution in [0.3, 0.4) is 0 Å². The molecule has 0 radical (unpaired) electrons. The fourth-order valence-corrected chi connectivity index (χ4v) is 12.1. The monoisotopic (exact) mass is 463 g/mol. The molecule has 2 aliphatic carbocycles. The Morgan fingerprint density at radius 3 is 2.42 bits per heavy atom. The van der Waals surface area contributed by atoms with E-state index < -0.39 is 21.8 Å². The van der Waals surface area contributed by atoms with Gasteiger partial charge >= 0.3 is 153 Å². The Morgan fingerprint density at radius 2 is 1.77 bits per heavy atom. The molecule has 0 saturated carbocycles.